The number of halogens is 2. The molecule has 1 saturated heterocycles. The van der Waals surface area contributed by atoms with E-state index in [0.29, 0.717) is 6.04 Å². The summed E-state index contributed by atoms with van der Waals surface area (Å²) in [5.41, 5.74) is 0. The highest BCUT2D eigenvalue weighted by atomic mass is 35.5. The lowest BCUT2D eigenvalue weighted by Gasteiger charge is -2.39. The summed E-state index contributed by atoms with van der Waals surface area (Å²) in [7, 11) is 4.19. The van der Waals surface area contributed by atoms with Gasteiger partial charge in [-0.05, 0) is 78.0 Å². The van der Waals surface area contributed by atoms with Crippen LogP contribution in [0.5, 0.6) is 0 Å². The van der Waals surface area contributed by atoms with Crippen LogP contribution in [0.1, 0.15) is 44.9 Å². The lowest BCUT2D eigenvalue weighted by Crippen LogP contribution is -2.69. The molecule has 0 aromatic heterocycles. The predicted octanol–water partition coefficient (Wildman–Crippen LogP) is 1.57. The summed E-state index contributed by atoms with van der Waals surface area (Å²) < 4.78 is 0. The molecule has 2 saturated carbocycles. The fraction of sp³-hybridized carbons (Fsp3) is 0.947. The molecule has 6 unspecified atom stereocenters. The molecule has 0 aromatic rings. The van der Waals surface area contributed by atoms with E-state index in [1.165, 1.54) is 12.8 Å². The number of nitrogens with one attached hydrogen (secondary N) is 5. The van der Waals surface area contributed by atoms with Gasteiger partial charge < -0.3 is 20.9 Å². The molecule has 5 N–H and O–H groups in total. The van der Waals surface area contributed by atoms with Gasteiger partial charge in [0.1, 0.15) is 6.29 Å². The maximum absolute atomic E-state index is 12.5. The van der Waals surface area contributed by atoms with Crippen molar-refractivity contribution in [2.24, 2.45) is 5.92 Å². The van der Waals surface area contributed by atoms with Gasteiger partial charge in [-0.1, -0.05) is 0 Å². The maximum atomic E-state index is 12.5. The van der Waals surface area contributed by atoms with Crippen LogP contribution in [-0.2, 0) is 0 Å². The van der Waals surface area contributed by atoms with Gasteiger partial charge in [0.2, 0.25) is 0 Å². The van der Waals surface area contributed by atoms with Crippen LogP contribution >= 0.6 is 23.2 Å². The Morgan fingerprint density at radius 1 is 1.04 bits per heavy atom. The number of alkyl halides is 2. The van der Waals surface area contributed by atoms with Crippen LogP contribution < -0.4 is 26.6 Å². The standard InChI is InChI=1S/C19H36Cl2N6O/c1-27(2)9-3-8-22-17-11-16(12-4-5-12)24-18(25-17)26-19(28)23-13-6-7-14(20)15(21)10-13/h12-18,22,24-25H,3-11H2,1-2H3,(H2,23,26,28). The number of rotatable bonds is 8. The molecule has 28 heavy (non-hydrogen) atoms. The highest BCUT2D eigenvalue weighted by molar-refractivity contribution is 6.30. The smallest absolute Gasteiger partial charge is 0.317 e. The third-order valence-electron chi connectivity index (χ3n) is 5.91. The van der Waals surface area contributed by atoms with Crippen LogP contribution in [0.3, 0.4) is 0 Å². The molecule has 2 amide bonds. The molecular formula is C19H36Cl2N6O. The van der Waals surface area contributed by atoms with Gasteiger partial charge in [0.15, 0.2) is 0 Å². The Labute approximate surface area is 179 Å². The van der Waals surface area contributed by atoms with Gasteiger partial charge in [-0.15, -0.1) is 23.2 Å². The van der Waals surface area contributed by atoms with Crippen molar-refractivity contribution in [3.05, 3.63) is 0 Å². The highest BCUT2D eigenvalue weighted by Gasteiger charge is 2.38. The molecule has 1 heterocycles. The molecule has 7 nitrogen and oxygen atoms in total. The average molecular weight is 435 g/mol. The first-order valence-electron chi connectivity index (χ1n) is 10.7. The van der Waals surface area contributed by atoms with Crippen LogP contribution in [0, 0.1) is 5.92 Å². The summed E-state index contributed by atoms with van der Waals surface area (Å²) in [5, 5.41) is 16.7. The third kappa shape index (κ3) is 7.18. The molecule has 1 aliphatic heterocycles. The lowest BCUT2D eigenvalue weighted by atomic mass is 9.95. The van der Waals surface area contributed by atoms with Crippen molar-refractivity contribution in [1.29, 1.82) is 0 Å². The van der Waals surface area contributed by atoms with Crippen molar-refractivity contribution in [2.75, 3.05) is 27.2 Å². The second-order valence-corrected chi connectivity index (χ2v) is 9.89. The zero-order valence-corrected chi connectivity index (χ0v) is 18.5. The molecule has 162 valence electrons. The maximum Gasteiger partial charge on any atom is 0.317 e. The van der Waals surface area contributed by atoms with E-state index in [1.807, 2.05) is 0 Å². The van der Waals surface area contributed by atoms with Gasteiger partial charge in [-0.3, -0.25) is 10.6 Å². The minimum absolute atomic E-state index is 0.00286. The lowest BCUT2D eigenvalue weighted by molar-refractivity contribution is 0.170. The van der Waals surface area contributed by atoms with Gasteiger partial charge in [-0.2, -0.15) is 0 Å². The summed E-state index contributed by atoms with van der Waals surface area (Å²) in [5.74, 6) is 0.733. The topological polar surface area (TPSA) is 80.5 Å². The van der Waals surface area contributed by atoms with E-state index in [0.717, 1.165) is 51.1 Å². The molecule has 0 radical (unpaired) electrons. The van der Waals surface area contributed by atoms with Crippen LogP contribution in [0.2, 0.25) is 0 Å². The first kappa shape index (κ1) is 22.4. The molecule has 0 aromatic carbocycles. The monoisotopic (exact) mass is 434 g/mol. The van der Waals surface area contributed by atoms with Crippen molar-refractivity contribution in [2.45, 2.75) is 80.2 Å². The Bertz CT molecular complexity index is 507. The molecular weight excluding hydrogens is 399 g/mol. The Morgan fingerprint density at radius 3 is 2.50 bits per heavy atom. The van der Waals surface area contributed by atoms with Gasteiger partial charge in [0, 0.05) is 12.1 Å². The van der Waals surface area contributed by atoms with Crippen molar-refractivity contribution in [3.8, 4) is 0 Å². The van der Waals surface area contributed by atoms with E-state index in [2.05, 4.69) is 45.6 Å². The van der Waals surface area contributed by atoms with E-state index in [9.17, 15) is 4.79 Å². The normalized spacial score (nSPS) is 36.3. The molecule has 9 heteroatoms. The van der Waals surface area contributed by atoms with Crippen molar-refractivity contribution in [1.82, 2.24) is 31.5 Å². The van der Waals surface area contributed by atoms with Gasteiger partial charge in [0.05, 0.1) is 16.9 Å². The van der Waals surface area contributed by atoms with Crippen LogP contribution in [-0.4, -0.2) is 73.4 Å². The zero-order valence-electron chi connectivity index (χ0n) is 17.0. The number of amides is 2. The largest absolute Gasteiger partial charge is 0.335 e. The second kappa shape index (κ2) is 10.6. The van der Waals surface area contributed by atoms with Crippen molar-refractivity contribution in [3.63, 3.8) is 0 Å². The number of carbonyl (C=O) groups excluding carboxylic acids is 1. The zero-order chi connectivity index (χ0) is 20.1. The minimum atomic E-state index is -0.234. The minimum Gasteiger partial charge on any atom is -0.335 e. The number of urea groups is 1. The summed E-state index contributed by atoms with van der Waals surface area (Å²) >= 11 is 12.4. The van der Waals surface area contributed by atoms with Crippen LogP contribution in [0.4, 0.5) is 4.79 Å². The van der Waals surface area contributed by atoms with Crippen LogP contribution in [0.15, 0.2) is 0 Å². The fourth-order valence-corrected chi connectivity index (χ4v) is 4.72. The highest BCUT2D eigenvalue weighted by Crippen LogP contribution is 2.35. The SMILES string of the molecule is CN(C)CCCNC1CC(C2CC2)NC(NC(=O)NC2CCC(Cl)C(Cl)C2)N1. The Balaban J connectivity index is 1.44. The number of nitrogens with zero attached hydrogens (tertiary/aromatic N) is 1. The number of carbonyl (C=O) groups is 1. The van der Waals surface area contributed by atoms with Gasteiger partial charge in [-0.25, -0.2) is 4.79 Å². The molecule has 6 atom stereocenters. The van der Waals surface area contributed by atoms with Crippen LogP contribution in [0.25, 0.3) is 0 Å². The molecule has 3 fully saturated rings. The average Bonchev–Trinajstić information content (AvgIpc) is 3.47. The Morgan fingerprint density at radius 2 is 1.82 bits per heavy atom. The van der Waals surface area contributed by atoms with Crippen molar-refractivity contribution < 1.29 is 4.79 Å². The quantitative estimate of drug-likeness (QED) is 0.296. The Hall–Kier alpha value is -0.310. The molecule has 0 bridgehead atoms. The van der Waals surface area contributed by atoms with E-state index in [-0.39, 0.29) is 35.3 Å². The van der Waals surface area contributed by atoms with Gasteiger partial charge in [0.25, 0.3) is 0 Å². The van der Waals surface area contributed by atoms with E-state index in [1.54, 1.807) is 0 Å². The first-order valence-corrected chi connectivity index (χ1v) is 11.5. The van der Waals surface area contributed by atoms with Gasteiger partial charge >= 0.3 is 6.03 Å². The predicted molar refractivity (Wildman–Crippen MR) is 115 cm³/mol. The first-order chi connectivity index (χ1) is 13.4. The number of hydrogen-bond donors (Lipinski definition) is 5. The third-order valence-corrected chi connectivity index (χ3v) is 7.04. The molecule has 3 aliphatic rings. The summed E-state index contributed by atoms with van der Waals surface area (Å²) in [6.07, 6.45) is 7.11. The molecule has 0 spiro atoms. The molecule has 3 rings (SSSR count). The van der Waals surface area contributed by atoms with E-state index < -0.39 is 0 Å². The van der Waals surface area contributed by atoms with E-state index in [4.69, 9.17) is 23.2 Å². The van der Waals surface area contributed by atoms with E-state index >= 15 is 0 Å². The Kier molecular flexibility index (Phi) is 8.50. The second-order valence-electron chi connectivity index (χ2n) is 8.77. The summed E-state index contributed by atoms with van der Waals surface area (Å²) in [4.78, 5) is 14.7. The fourth-order valence-electron chi connectivity index (χ4n) is 4.15. The summed E-state index contributed by atoms with van der Waals surface area (Å²) in [6.45, 7) is 2.03. The van der Waals surface area contributed by atoms with Crippen molar-refractivity contribution >= 4 is 29.2 Å². The molecule has 2 aliphatic carbocycles. The number of hydrogen-bond acceptors (Lipinski definition) is 5. The summed E-state index contributed by atoms with van der Waals surface area (Å²) in [6, 6.07) is 0.367.